The molecule has 0 heterocycles. The van der Waals surface area contributed by atoms with Crippen LogP contribution in [0.25, 0.3) is 0 Å². The van der Waals surface area contributed by atoms with Crippen LogP contribution in [0, 0.1) is 0 Å². The highest BCUT2D eigenvalue weighted by Gasteiger charge is 2.01. The second-order valence-corrected chi connectivity index (χ2v) is 2.91. The Labute approximate surface area is 73.5 Å². The van der Waals surface area contributed by atoms with Gasteiger partial charge in [0.05, 0.1) is 6.04 Å². The van der Waals surface area contributed by atoms with E-state index in [-0.39, 0.29) is 6.04 Å². The maximum Gasteiger partial charge on any atom is 0.217 e. The predicted octanol–water partition coefficient (Wildman–Crippen LogP) is 0.950. The summed E-state index contributed by atoms with van der Waals surface area (Å²) >= 11 is 3.97. The number of rotatable bonds is 5. The van der Waals surface area contributed by atoms with Crippen molar-refractivity contribution in [3.63, 3.8) is 0 Å². The Morgan fingerprint density at radius 2 is 2.36 bits per heavy atom. The van der Waals surface area contributed by atoms with Crippen molar-refractivity contribution in [3.05, 3.63) is 11.6 Å². The van der Waals surface area contributed by atoms with Gasteiger partial charge in [0.25, 0.3) is 0 Å². The SMILES string of the molecule is CC(C)=CCN[C@@H]([C]=O)CS. The summed E-state index contributed by atoms with van der Waals surface area (Å²) in [4.78, 5) is 10.2. The summed E-state index contributed by atoms with van der Waals surface area (Å²) in [6.07, 6.45) is 3.88. The summed E-state index contributed by atoms with van der Waals surface area (Å²) in [5.74, 6) is 0.500. The number of thiol groups is 1. The van der Waals surface area contributed by atoms with Gasteiger partial charge in [-0.05, 0) is 13.8 Å². The van der Waals surface area contributed by atoms with Crippen LogP contribution in [0.2, 0.25) is 0 Å². The molecule has 0 rings (SSSR count). The van der Waals surface area contributed by atoms with Gasteiger partial charge in [0.15, 0.2) is 0 Å². The van der Waals surface area contributed by atoms with Crippen LogP contribution in [0.15, 0.2) is 11.6 Å². The van der Waals surface area contributed by atoms with Crippen LogP contribution < -0.4 is 5.32 Å². The molecule has 0 aromatic heterocycles. The normalized spacial score (nSPS) is 12.3. The van der Waals surface area contributed by atoms with Gasteiger partial charge in [-0.1, -0.05) is 11.6 Å². The van der Waals surface area contributed by atoms with Gasteiger partial charge < -0.3 is 5.32 Å². The Bertz CT molecular complexity index is 141. The Kier molecular flexibility index (Phi) is 6.27. The summed E-state index contributed by atoms with van der Waals surface area (Å²) in [6.45, 7) is 4.74. The molecule has 0 aromatic carbocycles. The van der Waals surface area contributed by atoms with E-state index in [2.05, 4.69) is 17.9 Å². The van der Waals surface area contributed by atoms with E-state index in [9.17, 15) is 4.79 Å². The minimum atomic E-state index is -0.242. The predicted molar refractivity (Wildman–Crippen MR) is 50.8 cm³/mol. The van der Waals surface area contributed by atoms with Gasteiger partial charge in [0.2, 0.25) is 6.29 Å². The van der Waals surface area contributed by atoms with Crippen molar-refractivity contribution in [2.75, 3.05) is 12.3 Å². The third-order valence-corrected chi connectivity index (χ3v) is 1.56. The van der Waals surface area contributed by atoms with Crippen molar-refractivity contribution in [1.82, 2.24) is 5.32 Å². The number of hydrogen-bond donors (Lipinski definition) is 2. The molecule has 11 heavy (non-hydrogen) atoms. The van der Waals surface area contributed by atoms with E-state index < -0.39 is 0 Å². The standard InChI is InChI=1S/C8H14NOS/c1-7(2)3-4-9-8(5-10)6-11/h3,8-9,11H,4,6H2,1-2H3/t8-/m0/s1. The third-order valence-electron chi connectivity index (χ3n) is 1.20. The molecule has 1 radical (unpaired) electrons. The molecule has 0 bridgehead atoms. The summed E-state index contributed by atoms with van der Waals surface area (Å²) in [7, 11) is 0. The van der Waals surface area contributed by atoms with Crippen molar-refractivity contribution in [1.29, 1.82) is 0 Å². The molecule has 63 valence electrons. The van der Waals surface area contributed by atoms with Crippen LogP contribution >= 0.6 is 12.6 Å². The molecule has 3 heteroatoms. The number of carbonyl (C=O) groups excluding carboxylic acids is 1. The van der Waals surface area contributed by atoms with E-state index in [4.69, 9.17) is 0 Å². The first kappa shape index (κ1) is 10.7. The van der Waals surface area contributed by atoms with Crippen LogP contribution in [0.1, 0.15) is 13.8 Å². The van der Waals surface area contributed by atoms with Gasteiger partial charge >= 0.3 is 0 Å². The van der Waals surface area contributed by atoms with Crippen LogP contribution in [0.5, 0.6) is 0 Å². The molecule has 0 unspecified atom stereocenters. The van der Waals surface area contributed by atoms with Gasteiger partial charge in [-0.3, -0.25) is 4.79 Å². The fraction of sp³-hybridized carbons (Fsp3) is 0.625. The van der Waals surface area contributed by atoms with Gasteiger partial charge in [0, 0.05) is 12.3 Å². The number of nitrogens with one attached hydrogen (secondary N) is 1. The lowest BCUT2D eigenvalue weighted by Gasteiger charge is -2.05. The summed E-state index contributed by atoms with van der Waals surface area (Å²) in [5, 5.41) is 2.97. The number of allylic oxidation sites excluding steroid dienone is 1. The van der Waals surface area contributed by atoms with Gasteiger partial charge in [-0.15, -0.1) is 0 Å². The minimum absolute atomic E-state index is 0.242. The minimum Gasteiger partial charge on any atom is -0.303 e. The van der Waals surface area contributed by atoms with Gasteiger partial charge in [0.1, 0.15) is 0 Å². The van der Waals surface area contributed by atoms with Gasteiger partial charge in [-0.25, -0.2) is 0 Å². The van der Waals surface area contributed by atoms with Crippen molar-refractivity contribution < 1.29 is 4.79 Å². The highest BCUT2D eigenvalue weighted by molar-refractivity contribution is 7.80. The Morgan fingerprint density at radius 3 is 2.73 bits per heavy atom. The molecule has 0 spiro atoms. The van der Waals surface area contributed by atoms with Crippen molar-refractivity contribution in [3.8, 4) is 0 Å². The summed E-state index contributed by atoms with van der Waals surface area (Å²) in [5.41, 5.74) is 1.24. The molecule has 1 atom stereocenters. The topological polar surface area (TPSA) is 29.1 Å². The Morgan fingerprint density at radius 1 is 1.73 bits per heavy atom. The van der Waals surface area contributed by atoms with Gasteiger partial charge in [-0.2, -0.15) is 12.6 Å². The molecule has 0 fully saturated rings. The van der Waals surface area contributed by atoms with Crippen LogP contribution in [-0.4, -0.2) is 24.6 Å². The Hall–Kier alpha value is -0.280. The first-order valence-electron chi connectivity index (χ1n) is 3.56. The first-order valence-corrected chi connectivity index (χ1v) is 4.19. The highest BCUT2D eigenvalue weighted by atomic mass is 32.1. The maximum absolute atomic E-state index is 10.2. The third kappa shape index (κ3) is 6.13. The average molecular weight is 172 g/mol. The molecule has 0 aliphatic heterocycles. The molecular formula is C8H14NOS. The largest absolute Gasteiger partial charge is 0.303 e. The molecule has 0 aliphatic rings. The van der Waals surface area contributed by atoms with Crippen LogP contribution in [-0.2, 0) is 4.79 Å². The van der Waals surface area contributed by atoms with E-state index in [0.29, 0.717) is 12.3 Å². The smallest absolute Gasteiger partial charge is 0.217 e. The van der Waals surface area contributed by atoms with E-state index in [1.807, 2.05) is 26.2 Å². The second-order valence-electron chi connectivity index (χ2n) is 2.54. The monoisotopic (exact) mass is 172 g/mol. The first-order chi connectivity index (χ1) is 5.20. The van der Waals surface area contributed by atoms with E-state index >= 15 is 0 Å². The zero-order valence-electron chi connectivity index (χ0n) is 6.92. The lowest BCUT2D eigenvalue weighted by Crippen LogP contribution is -2.32. The quantitative estimate of drug-likeness (QED) is 0.477. The number of hydrogen-bond acceptors (Lipinski definition) is 3. The van der Waals surface area contributed by atoms with Crippen LogP contribution in [0.3, 0.4) is 0 Å². The molecule has 0 saturated heterocycles. The lowest BCUT2D eigenvalue weighted by atomic mass is 10.3. The zero-order valence-corrected chi connectivity index (χ0v) is 7.82. The molecule has 1 N–H and O–H groups in total. The summed E-state index contributed by atoms with van der Waals surface area (Å²) in [6, 6.07) is -0.242. The zero-order chi connectivity index (χ0) is 8.69. The molecular weight excluding hydrogens is 158 g/mol. The van der Waals surface area contributed by atoms with Crippen molar-refractivity contribution in [2.24, 2.45) is 0 Å². The molecule has 2 nitrogen and oxygen atoms in total. The molecule has 0 aromatic rings. The molecule has 0 saturated carbocycles. The fourth-order valence-electron chi connectivity index (χ4n) is 0.549. The van der Waals surface area contributed by atoms with Crippen molar-refractivity contribution >= 4 is 18.9 Å². The van der Waals surface area contributed by atoms with Crippen molar-refractivity contribution in [2.45, 2.75) is 19.9 Å². The fourth-order valence-corrected chi connectivity index (χ4v) is 0.752. The van der Waals surface area contributed by atoms with Crippen LogP contribution in [0.4, 0.5) is 0 Å². The highest BCUT2D eigenvalue weighted by Crippen LogP contribution is 1.87. The maximum atomic E-state index is 10.2. The van der Waals surface area contributed by atoms with E-state index in [1.165, 1.54) is 5.57 Å². The van der Waals surface area contributed by atoms with E-state index in [1.54, 1.807) is 0 Å². The molecule has 0 amide bonds. The Balaban J connectivity index is 3.51. The van der Waals surface area contributed by atoms with E-state index in [0.717, 1.165) is 0 Å². The average Bonchev–Trinajstić information content (AvgIpc) is 1.98. The summed E-state index contributed by atoms with van der Waals surface area (Å²) < 4.78 is 0. The molecule has 0 aliphatic carbocycles. The lowest BCUT2D eigenvalue weighted by molar-refractivity contribution is 0.532. The second kappa shape index (κ2) is 6.43.